The van der Waals surface area contributed by atoms with E-state index in [1.807, 2.05) is 25.4 Å². The van der Waals surface area contributed by atoms with E-state index in [-0.39, 0.29) is 6.10 Å². The number of piperidine rings is 1. The first-order valence-corrected chi connectivity index (χ1v) is 8.39. The Balaban J connectivity index is 1.81. The number of ether oxygens (including phenoxy) is 1. The van der Waals surface area contributed by atoms with Crippen LogP contribution in [0.15, 0.2) is 24.5 Å². The van der Waals surface area contributed by atoms with E-state index in [4.69, 9.17) is 10.00 Å². The van der Waals surface area contributed by atoms with Gasteiger partial charge in [-0.05, 0) is 37.9 Å². The molecule has 0 aromatic carbocycles. The van der Waals surface area contributed by atoms with Gasteiger partial charge in [-0.25, -0.2) is 0 Å². The molecule has 122 valence electrons. The third-order valence-electron chi connectivity index (χ3n) is 4.10. The van der Waals surface area contributed by atoms with Crippen LogP contribution in [0.1, 0.15) is 50.6 Å². The smallest absolute Gasteiger partial charge is 0.0656 e. The number of pyridine rings is 1. The van der Waals surface area contributed by atoms with Gasteiger partial charge in [0.25, 0.3) is 0 Å². The van der Waals surface area contributed by atoms with Crippen molar-refractivity contribution in [3.05, 3.63) is 30.1 Å². The van der Waals surface area contributed by atoms with Gasteiger partial charge in [0.15, 0.2) is 0 Å². The van der Waals surface area contributed by atoms with Gasteiger partial charge in [0, 0.05) is 24.9 Å². The number of hydrogen-bond acceptors (Lipinski definition) is 4. The molecule has 1 aliphatic rings. The fourth-order valence-corrected chi connectivity index (χ4v) is 2.87. The first-order valence-electron chi connectivity index (χ1n) is 8.39. The van der Waals surface area contributed by atoms with E-state index in [0.29, 0.717) is 19.1 Å². The summed E-state index contributed by atoms with van der Waals surface area (Å²) < 4.78 is 5.52. The summed E-state index contributed by atoms with van der Waals surface area (Å²) >= 11 is 0. The maximum Gasteiger partial charge on any atom is 0.0656 e. The predicted molar refractivity (Wildman–Crippen MR) is 90.4 cm³/mol. The van der Waals surface area contributed by atoms with E-state index in [9.17, 15) is 0 Å². The van der Waals surface area contributed by atoms with Gasteiger partial charge in [-0.2, -0.15) is 5.26 Å². The quantitative estimate of drug-likeness (QED) is 0.597. The molecule has 1 aromatic heterocycles. The van der Waals surface area contributed by atoms with Crippen molar-refractivity contribution < 1.29 is 4.74 Å². The second-order valence-corrected chi connectivity index (χ2v) is 5.92. The molecule has 1 saturated heterocycles. The minimum atomic E-state index is 0.0892. The van der Waals surface area contributed by atoms with Gasteiger partial charge >= 0.3 is 0 Å². The Bertz CT molecular complexity index is 555. The van der Waals surface area contributed by atoms with Gasteiger partial charge in [-0.1, -0.05) is 24.3 Å². The highest BCUT2D eigenvalue weighted by molar-refractivity contribution is 5.16. The maximum absolute atomic E-state index is 8.49. The van der Waals surface area contributed by atoms with Crippen molar-refractivity contribution in [1.82, 2.24) is 9.88 Å². The lowest BCUT2D eigenvalue weighted by Gasteiger charge is -2.34. The summed E-state index contributed by atoms with van der Waals surface area (Å²) in [6, 6.07) is 6.69. The van der Waals surface area contributed by atoms with E-state index >= 15 is 0 Å². The lowest BCUT2D eigenvalue weighted by molar-refractivity contribution is 0.0738. The summed E-state index contributed by atoms with van der Waals surface area (Å²) in [4.78, 5) is 6.70. The number of likely N-dealkylation sites (tertiary alicyclic amines) is 1. The minimum Gasteiger partial charge on any atom is -0.376 e. The van der Waals surface area contributed by atoms with Crippen molar-refractivity contribution in [2.75, 3.05) is 19.7 Å². The fraction of sp³-hybridized carbons (Fsp3) is 0.579. The zero-order valence-electron chi connectivity index (χ0n) is 13.9. The Hall–Kier alpha value is -1.88. The monoisotopic (exact) mass is 311 g/mol. The van der Waals surface area contributed by atoms with Gasteiger partial charge in [-0.15, -0.1) is 0 Å². The van der Waals surface area contributed by atoms with Gasteiger partial charge in [0.2, 0.25) is 0 Å². The fourth-order valence-electron chi connectivity index (χ4n) is 2.87. The van der Waals surface area contributed by atoms with Crippen molar-refractivity contribution in [3.63, 3.8) is 0 Å². The van der Waals surface area contributed by atoms with E-state index < -0.39 is 0 Å². The average molecular weight is 311 g/mol. The Labute approximate surface area is 139 Å². The minimum absolute atomic E-state index is 0.0892. The zero-order chi connectivity index (χ0) is 16.3. The molecule has 0 unspecified atom stereocenters. The Morgan fingerprint density at radius 2 is 2.35 bits per heavy atom. The molecule has 2 heterocycles. The van der Waals surface area contributed by atoms with Crippen molar-refractivity contribution >= 4 is 0 Å². The standard InChI is InChI=1S/C19H25N3O/c1-17(23-15-7-11-20)8-2-4-13-22-14-5-3-10-19(22)18-9-6-12-21-16-18/h6,9,12,16-17,19H,3,5,7-8,10,13-15H2,1H3/t17-,19-/m1/s1. The molecule has 2 rings (SSSR count). The third kappa shape index (κ3) is 6.02. The van der Waals surface area contributed by atoms with Gasteiger partial charge in [0.1, 0.15) is 0 Å². The average Bonchev–Trinajstić information content (AvgIpc) is 2.60. The molecule has 4 nitrogen and oxygen atoms in total. The Morgan fingerprint density at radius 3 is 3.13 bits per heavy atom. The van der Waals surface area contributed by atoms with Crippen LogP contribution in [0.3, 0.4) is 0 Å². The second kappa shape index (κ2) is 10.0. The first-order chi connectivity index (χ1) is 11.3. The second-order valence-electron chi connectivity index (χ2n) is 5.92. The lowest BCUT2D eigenvalue weighted by Crippen LogP contribution is -2.33. The molecular weight excluding hydrogens is 286 g/mol. The predicted octanol–water partition coefficient (Wildman–Crippen LogP) is 3.32. The van der Waals surface area contributed by atoms with Gasteiger partial charge in [0.05, 0.1) is 31.7 Å². The van der Waals surface area contributed by atoms with Gasteiger partial charge in [-0.3, -0.25) is 9.88 Å². The molecule has 23 heavy (non-hydrogen) atoms. The van der Waals surface area contributed by atoms with Crippen LogP contribution < -0.4 is 0 Å². The zero-order valence-corrected chi connectivity index (χ0v) is 13.9. The van der Waals surface area contributed by atoms with Gasteiger partial charge < -0.3 is 4.74 Å². The Kier molecular flexibility index (Phi) is 7.60. The number of rotatable bonds is 6. The molecule has 0 bridgehead atoms. The highest BCUT2D eigenvalue weighted by atomic mass is 16.5. The molecule has 1 aliphatic heterocycles. The van der Waals surface area contributed by atoms with E-state index in [1.54, 1.807) is 0 Å². The van der Waals surface area contributed by atoms with Crippen LogP contribution in [0.25, 0.3) is 0 Å². The highest BCUT2D eigenvalue weighted by Crippen LogP contribution is 2.29. The van der Waals surface area contributed by atoms with Crippen LogP contribution in [-0.4, -0.2) is 35.7 Å². The first kappa shape index (κ1) is 17.5. The van der Waals surface area contributed by atoms with Crippen molar-refractivity contribution in [3.8, 4) is 17.9 Å². The summed E-state index contributed by atoms with van der Waals surface area (Å²) in [5.74, 6) is 6.50. The summed E-state index contributed by atoms with van der Waals surface area (Å²) in [5.41, 5.74) is 1.29. The molecule has 2 atom stereocenters. The SMILES string of the molecule is C[C@H](CC#CCN1CCCC[C@@H]1c1cccnc1)OCCC#N. The molecule has 1 fully saturated rings. The van der Waals surface area contributed by atoms with Crippen LogP contribution in [0.4, 0.5) is 0 Å². The summed E-state index contributed by atoms with van der Waals surface area (Å²) in [5, 5.41) is 8.49. The molecule has 0 N–H and O–H groups in total. The van der Waals surface area contributed by atoms with E-state index in [1.165, 1.54) is 24.8 Å². The van der Waals surface area contributed by atoms with Crippen LogP contribution in [0.2, 0.25) is 0 Å². The number of aromatic nitrogens is 1. The van der Waals surface area contributed by atoms with Crippen LogP contribution in [0, 0.1) is 23.2 Å². The highest BCUT2D eigenvalue weighted by Gasteiger charge is 2.22. The largest absolute Gasteiger partial charge is 0.376 e. The van der Waals surface area contributed by atoms with Crippen molar-refractivity contribution in [2.24, 2.45) is 0 Å². The molecule has 0 spiro atoms. The van der Waals surface area contributed by atoms with E-state index in [2.05, 4.69) is 33.9 Å². The molecule has 0 saturated carbocycles. The Morgan fingerprint density at radius 1 is 1.43 bits per heavy atom. The third-order valence-corrected chi connectivity index (χ3v) is 4.10. The molecule has 0 aliphatic carbocycles. The maximum atomic E-state index is 8.49. The molecule has 0 amide bonds. The molecule has 1 aromatic rings. The summed E-state index contributed by atoms with van der Waals surface area (Å²) in [6.45, 7) is 4.40. The topological polar surface area (TPSA) is 49.2 Å². The number of hydrogen-bond donors (Lipinski definition) is 0. The summed E-state index contributed by atoms with van der Waals surface area (Å²) in [7, 11) is 0. The number of nitrogens with zero attached hydrogens (tertiary/aromatic N) is 3. The lowest BCUT2D eigenvalue weighted by atomic mass is 9.96. The van der Waals surface area contributed by atoms with Crippen LogP contribution in [0.5, 0.6) is 0 Å². The van der Waals surface area contributed by atoms with E-state index in [0.717, 1.165) is 19.5 Å². The normalized spacial score (nSPS) is 19.4. The van der Waals surface area contributed by atoms with Crippen molar-refractivity contribution in [2.45, 2.75) is 51.2 Å². The molecule has 0 radical (unpaired) electrons. The van der Waals surface area contributed by atoms with Crippen LogP contribution >= 0.6 is 0 Å². The molecule has 4 heteroatoms. The number of nitriles is 1. The summed E-state index contributed by atoms with van der Waals surface area (Å²) in [6.07, 6.45) is 8.74. The van der Waals surface area contributed by atoms with Crippen LogP contribution in [-0.2, 0) is 4.74 Å². The van der Waals surface area contributed by atoms with Crippen molar-refractivity contribution in [1.29, 1.82) is 5.26 Å². The molecular formula is C19H25N3O.